The van der Waals surface area contributed by atoms with Gasteiger partial charge in [-0.25, -0.2) is 9.97 Å². The van der Waals surface area contributed by atoms with Crippen LogP contribution in [-0.2, 0) is 6.42 Å². The molecule has 3 heterocycles. The minimum atomic E-state index is -0.00424. The Morgan fingerprint density at radius 3 is 3.00 bits per heavy atom. The van der Waals surface area contributed by atoms with E-state index in [2.05, 4.69) is 9.97 Å². The van der Waals surface area contributed by atoms with Gasteiger partial charge in [-0.15, -0.1) is 11.3 Å². The van der Waals surface area contributed by atoms with Gasteiger partial charge in [-0.2, -0.15) is 0 Å². The number of thiazole rings is 1. The molecule has 3 rings (SSSR count). The maximum absolute atomic E-state index is 12.6. The number of aryl methyl sites for hydroxylation is 1. The first-order chi connectivity index (χ1) is 11.6. The third-order valence-corrected chi connectivity index (χ3v) is 5.10. The lowest BCUT2D eigenvalue weighted by molar-refractivity contribution is 0.0777. The van der Waals surface area contributed by atoms with Crippen LogP contribution in [0.2, 0.25) is 0 Å². The fourth-order valence-corrected chi connectivity index (χ4v) is 3.55. The van der Waals surface area contributed by atoms with Crippen molar-refractivity contribution in [1.82, 2.24) is 14.9 Å². The van der Waals surface area contributed by atoms with Crippen LogP contribution >= 0.6 is 11.3 Å². The van der Waals surface area contributed by atoms with Crippen LogP contribution in [0.5, 0.6) is 5.75 Å². The summed E-state index contributed by atoms with van der Waals surface area (Å²) in [6.45, 7) is 3.35. The summed E-state index contributed by atoms with van der Waals surface area (Å²) in [5.41, 5.74) is 0. The third-order valence-electron chi connectivity index (χ3n) is 3.97. The summed E-state index contributed by atoms with van der Waals surface area (Å²) in [6, 6.07) is 3.79. The maximum atomic E-state index is 12.6. The van der Waals surface area contributed by atoms with E-state index in [4.69, 9.17) is 4.74 Å². The van der Waals surface area contributed by atoms with Gasteiger partial charge < -0.3 is 14.5 Å². The Morgan fingerprint density at radius 1 is 1.46 bits per heavy atom. The van der Waals surface area contributed by atoms with Crippen LogP contribution in [0.25, 0.3) is 0 Å². The summed E-state index contributed by atoms with van der Waals surface area (Å²) in [6.07, 6.45) is 5.12. The van der Waals surface area contributed by atoms with E-state index in [0.717, 1.165) is 29.4 Å². The van der Waals surface area contributed by atoms with Gasteiger partial charge in [0.2, 0.25) is 0 Å². The Hall–Kier alpha value is -2.15. The average Bonchev–Trinajstić information content (AvgIpc) is 3.23. The zero-order valence-electron chi connectivity index (χ0n) is 14.2. The first-order valence-corrected chi connectivity index (χ1v) is 8.93. The molecule has 0 radical (unpaired) electrons. The number of pyridine rings is 1. The predicted octanol–water partition coefficient (Wildman–Crippen LogP) is 2.46. The Bertz CT molecular complexity index is 716. The molecule has 0 saturated carbocycles. The molecule has 6 nitrogen and oxygen atoms in total. The van der Waals surface area contributed by atoms with Gasteiger partial charge in [0.05, 0.1) is 17.7 Å². The highest BCUT2D eigenvalue weighted by Crippen LogP contribution is 2.27. The number of anilines is 1. The lowest BCUT2D eigenvalue weighted by Gasteiger charge is -2.20. The molecule has 0 aromatic carbocycles. The molecular formula is C17H22N4O2S. The van der Waals surface area contributed by atoms with Crippen molar-refractivity contribution in [2.75, 3.05) is 32.1 Å². The minimum absolute atomic E-state index is 0.00424. The second-order valence-corrected chi connectivity index (χ2v) is 7.09. The first kappa shape index (κ1) is 16.7. The van der Waals surface area contributed by atoms with E-state index >= 15 is 0 Å². The molecule has 1 unspecified atom stereocenters. The zero-order chi connectivity index (χ0) is 17.1. The number of aromatic nitrogens is 2. The maximum Gasteiger partial charge on any atom is 0.265 e. The van der Waals surface area contributed by atoms with Gasteiger partial charge in [-0.05, 0) is 18.6 Å². The molecule has 1 atom stereocenters. The van der Waals surface area contributed by atoms with Gasteiger partial charge >= 0.3 is 0 Å². The van der Waals surface area contributed by atoms with Crippen molar-refractivity contribution in [2.45, 2.75) is 25.9 Å². The lowest BCUT2D eigenvalue weighted by Crippen LogP contribution is -2.30. The Kier molecular flexibility index (Phi) is 4.99. The molecule has 1 aliphatic heterocycles. The minimum Gasteiger partial charge on any atom is -0.485 e. The number of ether oxygens (including phenoxy) is 1. The Balaban J connectivity index is 1.64. The van der Waals surface area contributed by atoms with E-state index in [0.29, 0.717) is 18.0 Å². The summed E-state index contributed by atoms with van der Waals surface area (Å²) >= 11 is 1.48. The molecule has 0 aliphatic carbocycles. The Morgan fingerprint density at radius 2 is 2.29 bits per heavy atom. The normalized spacial score (nSPS) is 17.1. The van der Waals surface area contributed by atoms with Crippen molar-refractivity contribution in [3.8, 4) is 5.75 Å². The molecule has 0 bridgehead atoms. The number of amides is 1. The number of likely N-dealkylation sites (tertiary alicyclic amines) is 1. The van der Waals surface area contributed by atoms with E-state index in [1.807, 2.05) is 43.0 Å². The van der Waals surface area contributed by atoms with E-state index < -0.39 is 0 Å². The molecule has 0 spiro atoms. The molecule has 2 aromatic heterocycles. The molecule has 1 amide bonds. The van der Waals surface area contributed by atoms with Crippen LogP contribution in [0.15, 0.2) is 24.5 Å². The van der Waals surface area contributed by atoms with Crippen LogP contribution in [-0.4, -0.2) is 54.1 Å². The largest absolute Gasteiger partial charge is 0.485 e. The molecule has 2 aromatic rings. The number of nitrogens with zero attached hydrogens (tertiary/aromatic N) is 4. The number of hydrogen-bond acceptors (Lipinski definition) is 6. The van der Waals surface area contributed by atoms with E-state index in [1.165, 1.54) is 11.3 Å². The van der Waals surface area contributed by atoms with Gasteiger partial charge in [-0.3, -0.25) is 4.79 Å². The predicted molar refractivity (Wildman–Crippen MR) is 95.0 cm³/mol. The van der Waals surface area contributed by atoms with Crippen molar-refractivity contribution in [3.63, 3.8) is 0 Å². The van der Waals surface area contributed by atoms with Crippen molar-refractivity contribution in [1.29, 1.82) is 0 Å². The zero-order valence-corrected chi connectivity index (χ0v) is 15.0. The van der Waals surface area contributed by atoms with Crippen LogP contribution in [0.3, 0.4) is 0 Å². The van der Waals surface area contributed by atoms with Crippen molar-refractivity contribution < 1.29 is 9.53 Å². The summed E-state index contributed by atoms with van der Waals surface area (Å²) in [5.74, 6) is 1.61. The molecule has 128 valence electrons. The third kappa shape index (κ3) is 3.51. The van der Waals surface area contributed by atoms with E-state index in [1.54, 1.807) is 12.4 Å². The highest BCUT2D eigenvalue weighted by Gasteiger charge is 2.29. The standard InChI is InChI=1S/C17H22N4O2S/c1-4-15-19-10-14(24-15)17(22)21-9-7-12(11-21)23-13-6-5-8-18-16(13)20(2)3/h5-6,8,10,12H,4,7,9,11H2,1-3H3. The monoisotopic (exact) mass is 346 g/mol. The fraction of sp³-hybridized carbons (Fsp3) is 0.471. The number of carbonyl (C=O) groups is 1. The van der Waals surface area contributed by atoms with Crippen LogP contribution in [0.4, 0.5) is 5.82 Å². The molecule has 24 heavy (non-hydrogen) atoms. The van der Waals surface area contributed by atoms with E-state index in [9.17, 15) is 4.79 Å². The van der Waals surface area contributed by atoms with Crippen molar-refractivity contribution in [3.05, 3.63) is 34.4 Å². The number of carbonyl (C=O) groups excluding carboxylic acids is 1. The second-order valence-electron chi connectivity index (χ2n) is 5.97. The average molecular weight is 346 g/mol. The highest BCUT2D eigenvalue weighted by molar-refractivity contribution is 7.13. The van der Waals surface area contributed by atoms with Gasteiger partial charge in [-0.1, -0.05) is 6.92 Å². The van der Waals surface area contributed by atoms with Crippen molar-refractivity contribution in [2.24, 2.45) is 0 Å². The summed E-state index contributed by atoms with van der Waals surface area (Å²) < 4.78 is 6.10. The summed E-state index contributed by atoms with van der Waals surface area (Å²) in [7, 11) is 3.88. The molecule has 1 fully saturated rings. The van der Waals surface area contributed by atoms with Gasteiger partial charge in [0.1, 0.15) is 11.0 Å². The van der Waals surface area contributed by atoms with E-state index in [-0.39, 0.29) is 12.0 Å². The smallest absolute Gasteiger partial charge is 0.265 e. The SMILES string of the molecule is CCc1ncc(C(=O)N2CCC(Oc3cccnc3N(C)C)C2)s1. The number of rotatable bonds is 5. The highest BCUT2D eigenvalue weighted by atomic mass is 32.1. The van der Waals surface area contributed by atoms with Crippen LogP contribution in [0, 0.1) is 0 Å². The van der Waals surface area contributed by atoms with Crippen LogP contribution in [0.1, 0.15) is 28.0 Å². The van der Waals surface area contributed by atoms with Gasteiger partial charge in [0.15, 0.2) is 11.6 Å². The van der Waals surface area contributed by atoms with Crippen molar-refractivity contribution >= 4 is 23.1 Å². The van der Waals surface area contributed by atoms with Crippen LogP contribution < -0.4 is 9.64 Å². The topological polar surface area (TPSA) is 58.6 Å². The van der Waals surface area contributed by atoms with Gasteiger partial charge in [0.25, 0.3) is 5.91 Å². The van der Waals surface area contributed by atoms with Gasteiger partial charge in [0, 0.05) is 33.3 Å². The number of hydrogen-bond donors (Lipinski definition) is 0. The summed E-state index contributed by atoms with van der Waals surface area (Å²) in [5, 5.41) is 0.997. The fourth-order valence-electron chi connectivity index (χ4n) is 2.73. The molecular weight excluding hydrogens is 324 g/mol. The Labute approximate surface area is 146 Å². The quantitative estimate of drug-likeness (QED) is 0.832. The molecule has 0 N–H and O–H groups in total. The molecule has 1 saturated heterocycles. The summed E-state index contributed by atoms with van der Waals surface area (Å²) in [4.78, 5) is 25.7. The first-order valence-electron chi connectivity index (χ1n) is 8.11. The second kappa shape index (κ2) is 7.17. The molecule has 1 aliphatic rings. The molecule has 7 heteroatoms. The lowest BCUT2D eigenvalue weighted by atomic mass is 10.3.